The van der Waals surface area contributed by atoms with E-state index in [1.807, 2.05) is 30.3 Å². The molecule has 0 aliphatic carbocycles. The quantitative estimate of drug-likeness (QED) is 0.596. The lowest BCUT2D eigenvalue weighted by Crippen LogP contribution is -2.26. The molecule has 1 aromatic carbocycles. The topological polar surface area (TPSA) is 46.9 Å². The normalized spacial score (nSPS) is 26.2. The Morgan fingerprint density at radius 3 is 2.08 bits per heavy atom. The first-order valence-corrected chi connectivity index (χ1v) is 9.76. The molecule has 4 nitrogen and oxygen atoms in total. The van der Waals surface area contributed by atoms with Gasteiger partial charge in [-0.15, -0.1) is 0 Å². The van der Waals surface area contributed by atoms with Crippen LogP contribution >= 0.6 is 25.3 Å². The van der Waals surface area contributed by atoms with E-state index in [0.717, 1.165) is 51.3 Å². The minimum atomic E-state index is -0.371. The fraction of sp³-hybridized carbons (Fsp3) is 0.667. The zero-order valence-electron chi connectivity index (χ0n) is 14.2. The monoisotopic (exact) mass is 370 g/mol. The molecule has 1 aromatic rings. The maximum Gasteiger partial charge on any atom is 0.0916 e. The third-order valence-corrected chi connectivity index (χ3v) is 5.37. The molecule has 2 N–H and O–H groups in total. The molecule has 6 heteroatoms. The molecule has 0 radical (unpaired) electrons. The highest BCUT2D eigenvalue weighted by Gasteiger charge is 2.21. The van der Waals surface area contributed by atoms with Gasteiger partial charge in [-0.05, 0) is 31.5 Å². The molecule has 136 valence electrons. The van der Waals surface area contributed by atoms with Gasteiger partial charge in [0.2, 0.25) is 0 Å². The molecule has 0 amide bonds. The number of benzene rings is 1. The average molecular weight is 371 g/mol. The molecule has 24 heavy (non-hydrogen) atoms. The SMILES string of the molecule is OC(CN1CCC(S)C1)c1ccccc1.OCCN1CCC(S)C1. The summed E-state index contributed by atoms with van der Waals surface area (Å²) in [5, 5.41) is 19.6. The lowest BCUT2D eigenvalue weighted by atomic mass is 10.1. The van der Waals surface area contributed by atoms with Gasteiger partial charge in [-0.3, -0.25) is 9.80 Å². The fourth-order valence-electron chi connectivity index (χ4n) is 3.16. The van der Waals surface area contributed by atoms with Crippen LogP contribution in [0.25, 0.3) is 0 Å². The largest absolute Gasteiger partial charge is 0.395 e. The molecule has 2 aliphatic rings. The number of aliphatic hydroxyl groups is 2. The smallest absolute Gasteiger partial charge is 0.0916 e. The summed E-state index contributed by atoms with van der Waals surface area (Å²) in [5.74, 6) is 0. The van der Waals surface area contributed by atoms with Gasteiger partial charge in [0.05, 0.1) is 12.7 Å². The van der Waals surface area contributed by atoms with Gasteiger partial charge in [0.1, 0.15) is 0 Å². The number of thiol groups is 2. The van der Waals surface area contributed by atoms with Crippen molar-refractivity contribution in [2.75, 3.05) is 45.9 Å². The summed E-state index contributed by atoms with van der Waals surface area (Å²) in [5.41, 5.74) is 1.00. The van der Waals surface area contributed by atoms with Crippen LogP contribution in [0.4, 0.5) is 0 Å². The molecule has 2 saturated heterocycles. The van der Waals surface area contributed by atoms with Crippen LogP contribution in [-0.2, 0) is 0 Å². The summed E-state index contributed by atoms with van der Waals surface area (Å²) in [6, 6.07) is 9.83. The minimum Gasteiger partial charge on any atom is -0.395 e. The summed E-state index contributed by atoms with van der Waals surface area (Å²) in [6.07, 6.45) is 1.93. The van der Waals surface area contributed by atoms with Crippen molar-refractivity contribution >= 4 is 25.3 Å². The second kappa shape index (κ2) is 10.7. The van der Waals surface area contributed by atoms with Crippen molar-refractivity contribution in [2.24, 2.45) is 0 Å². The van der Waals surface area contributed by atoms with E-state index < -0.39 is 0 Å². The summed E-state index contributed by atoms with van der Waals surface area (Å²) < 4.78 is 0. The average Bonchev–Trinajstić information content (AvgIpc) is 3.17. The molecular weight excluding hydrogens is 340 g/mol. The van der Waals surface area contributed by atoms with Gasteiger partial charge in [0, 0.05) is 36.7 Å². The third kappa shape index (κ3) is 6.94. The van der Waals surface area contributed by atoms with E-state index in [-0.39, 0.29) is 12.7 Å². The predicted octanol–water partition coefficient (Wildman–Crippen LogP) is 1.71. The Morgan fingerprint density at radius 2 is 1.58 bits per heavy atom. The highest BCUT2D eigenvalue weighted by atomic mass is 32.1. The molecule has 0 bridgehead atoms. The number of hydrogen-bond acceptors (Lipinski definition) is 6. The summed E-state index contributed by atoms with van der Waals surface area (Å²) in [7, 11) is 0. The number of aliphatic hydroxyl groups excluding tert-OH is 2. The van der Waals surface area contributed by atoms with E-state index in [1.165, 1.54) is 6.42 Å². The van der Waals surface area contributed by atoms with Gasteiger partial charge in [-0.2, -0.15) is 25.3 Å². The lowest BCUT2D eigenvalue weighted by Gasteiger charge is -2.19. The molecule has 3 rings (SSSR count). The summed E-state index contributed by atoms with van der Waals surface area (Å²) in [6.45, 7) is 6.02. The van der Waals surface area contributed by atoms with Crippen molar-refractivity contribution < 1.29 is 10.2 Å². The van der Waals surface area contributed by atoms with Crippen molar-refractivity contribution in [3.63, 3.8) is 0 Å². The first-order valence-electron chi connectivity index (χ1n) is 8.73. The van der Waals surface area contributed by atoms with Crippen molar-refractivity contribution in [2.45, 2.75) is 29.4 Å². The van der Waals surface area contributed by atoms with Gasteiger partial charge in [0.15, 0.2) is 0 Å². The Hall–Kier alpha value is -0.240. The van der Waals surface area contributed by atoms with E-state index in [0.29, 0.717) is 10.5 Å². The van der Waals surface area contributed by atoms with Crippen molar-refractivity contribution in [3.8, 4) is 0 Å². The van der Waals surface area contributed by atoms with Crippen LogP contribution in [0.3, 0.4) is 0 Å². The lowest BCUT2D eigenvalue weighted by molar-refractivity contribution is 0.126. The molecule has 0 saturated carbocycles. The molecule has 2 aliphatic heterocycles. The maximum atomic E-state index is 10.0. The Balaban J connectivity index is 0.000000198. The van der Waals surface area contributed by atoms with E-state index in [9.17, 15) is 5.11 Å². The first kappa shape index (κ1) is 20.1. The van der Waals surface area contributed by atoms with Crippen LogP contribution in [0.15, 0.2) is 30.3 Å². The second-order valence-electron chi connectivity index (χ2n) is 6.60. The minimum absolute atomic E-state index is 0.278. The van der Waals surface area contributed by atoms with Crippen LogP contribution < -0.4 is 0 Å². The van der Waals surface area contributed by atoms with Crippen LogP contribution in [-0.4, -0.2) is 76.4 Å². The molecule has 2 heterocycles. The molecule has 2 fully saturated rings. The van der Waals surface area contributed by atoms with Crippen LogP contribution in [0, 0.1) is 0 Å². The molecule has 3 atom stereocenters. The summed E-state index contributed by atoms with van der Waals surface area (Å²) in [4.78, 5) is 4.51. The van der Waals surface area contributed by atoms with Crippen molar-refractivity contribution in [3.05, 3.63) is 35.9 Å². The summed E-state index contributed by atoms with van der Waals surface area (Å²) >= 11 is 8.76. The maximum absolute atomic E-state index is 10.0. The Morgan fingerprint density at radius 1 is 1.00 bits per heavy atom. The number of hydrogen-bond donors (Lipinski definition) is 4. The first-order chi connectivity index (χ1) is 11.6. The van der Waals surface area contributed by atoms with Crippen molar-refractivity contribution in [1.82, 2.24) is 9.80 Å². The van der Waals surface area contributed by atoms with E-state index in [2.05, 4.69) is 35.1 Å². The highest BCUT2D eigenvalue weighted by Crippen LogP contribution is 2.19. The number of rotatable bonds is 5. The van der Waals surface area contributed by atoms with E-state index in [4.69, 9.17) is 5.11 Å². The van der Waals surface area contributed by atoms with Crippen molar-refractivity contribution in [1.29, 1.82) is 0 Å². The molecule has 0 aromatic heterocycles. The zero-order valence-corrected chi connectivity index (χ0v) is 16.0. The fourth-order valence-corrected chi connectivity index (χ4v) is 3.85. The van der Waals surface area contributed by atoms with Crippen LogP contribution in [0.2, 0.25) is 0 Å². The molecular formula is C18H30N2O2S2. The van der Waals surface area contributed by atoms with Crippen LogP contribution in [0.1, 0.15) is 24.5 Å². The van der Waals surface area contributed by atoms with Gasteiger partial charge < -0.3 is 10.2 Å². The standard InChI is InChI=1S/C12H17NOS.C6H13NOS/c14-12(10-4-2-1-3-5-10)9-13-7-6-11(15)8-13;8-4-3-7-2-1-6(9)5-7/h1-5,11-12,14-15H,6-9H2;6,8-9H,1-5H2. The van der Waals surface area contributed by atoms with Gasteiger partial charge in [0.25, 0.3) is 0 Å². The molecule has 3 unspecified atom stereocenters. The van der Waals surface area contributed by atoms with Gasteiger partial charge >= 0.3 is 0 Å². The van der Waals surface area contributed by atoms with E-state index in [1.54, 1.807) is 0 Å². The molecule has 0 spiro atoms. The highest BCUT2D eigenvalue weighted by molar-refractivity contribution is 7.81. The Labute approximate surface area is 156 Å². The Bertz CT molecular complexity index is 462. The van der Waals surface area contributed by atoms with E-state index >= 15 is 0 Å². The van der Waals surface area contributed by atoms with Crippen LogP contribution in [0.5, 0.6) is 0 Å². The number of nitrogens with zero attached hydrogens (tertiary/aromatic N) is 2. The van der Waals surface area contributed by atoms with Gasteiger partial charge in [-0.1, -0.05) is 30.3 Å². The third-order valence-electron chi connectivity index (χ3n) is 4.53. The Kier molecular flexibility index (Phi) is 8.94. The number of likely N-dealkylation sites (tertiary alicyclic amines) is 2. The second-order valence-corrected chi connectivity index (χ2v) is 8.06. The predicted molar refractivity (Wildman–Crippen MR) is 106 cm³/mol. The number of β-amino-alcohol motifs (C(OH)–C–C–N with tert-alkyl or cyclic N) is 2. The zero-order chi connectivity index (χ0) is 17.4. The van der Waals surface area contributed by atoms with Gasteiger partial charge in [-0.25, -0.2) is 0 Å².